The van der Waals surface area contributed by atoms with Gasteiger partial charge in [0.1, 0.15) is 6.10 Å². The van der Waals surface area contributed by atoms with Crippen LogP contribution in [-0.2, 0) is 14.6 Å². The maximum absolute atomic E-state index is 10.9. The van der Waals surface area contributed by atoms with E-state index < -0.39 is 5.97 Å². The molecule has 1 atom stereocenters. The molecular formula is C9H16O3. The summed E-state index contributed by atoms with van der Waals surface area (Å²) in [7, 11) is 0. The van der Waals surface area contributed by atoms with Gasteiger partial charge in [-0.2, -0.15) is 4.89 Å². The van der Waals surface area contributed by atoms with Gasteiger partial charge in [-0.25, -0.2) is 4.79 Å². The van der Waals surface area contributed by atoms with Crippen molar-refractivity contribution >= 4 is 5.97 Å². The van der Waals surface area contributed by atoms with E-state index in [0.29, 0.717) is 12.0 Å². The van der Waals surface area contributed by atoms with Crippen molar-refractivity contribution in [3.05, 3.63) is 12.2 Å². The molecule has 0 fully saturated rings. The van der Waals surface area contributed by atoms with Crippen molar-refractivity contribution in [1.29, 1.82) is 0 Å². The van der Waals surface area contributed by atoms with Gasteiger partial charge in [-0.1, -0.05) is 20.4 Å². The van der Waals surface area contributed by atoms with Crippen LogP contribution in [0.25, 0.3) is 0 Å². The molecule has 1 unspecified atom stereocenters. The standard InChI is InChI=1S/C9H16O3/c1-5-7(3)9(10)12-11-8(4)6-2/h8H,3,5-6H2,1-2,4H3. The maximum atomic E-state index is 10.9. The average molecular weight is 172 g/mol. The van der Waals surface area contributed by atoms with Crippen LogP contribution in [0.1, 0.15) is 33.6 Å². The molecule has 0 radical (unpaired) electrons. The van der Waals surface area contributed by atoms with Crippen LogP contribution in [0.5, 0.6) is 0 Å². The molecule has 0 rings (SSSR count). The summed E-state index contributed by atoms with van der Waals surface area (Å²) in [5.74, 6) is -0.474. The van der Waals surface area contributed by atoms with E-state index in [1.807, 2.05) is 20.8 Å². The lowest BCUT2D eigenvalue weighted by molar-refractivity contribution is -0.291. The van der Waals surface area contributed by atoms with Crippen LogP contribution in [0, 0.1) is 0 Å². The minimum atomic E-state index is -0.474. The zero-order valence-corrected chi connectivity index (χ0v) is 7.92. The summed E-state index contributed by atoms with van der Waals surface area (Å²) in [5.41, 5.74) is 0.429. The van der Waals surface area contributed by atoms with Gasteiger partial charge in [0, 0.05) is 5.57 Å². The Morgan fingerprint density at radius 3 is 2.50 bits per heavy atom. The fraction of sp³-hybridized carbons (Fsp3) is 0.667. The molecule has 0 heterocycles. The molecule has 0 saturated carbocycles. The van der Waals surface area contributed by atoms with Crippen LogP contribution in [0.4, 0.5) is 0 Å². The molecule has 3 nitrogen and oxygen atoms in total. The number of carbonyl (C=O) groups excluding carboxylic acids is 1. The van der Waals surface area contributed by atoms with Gasteiger partial charge in [0.2, 0.25) is 0 Å². The predicted molar refractivity (Wildman–Crippen MR) is 46.4 cm³/mol. The molecule has 0 spiro atoms. The molecule has 0 aromatic rings. The van der Waals surface area contributed by atoms with Gasteiger partial charge in [0.05, 0.1) is 0 Å². The summed E-state index contributed by atoms with van der Waals surface area (Å²) >= 11 is 0. The molecule has 0 aromatic heterocycles. The zero-order valence-electron chi connectivity index (χ0n) is 7.92. The quantitative estimate of drug-likeness (QED) is 0.362. The summed E-state index contributed by atoms with van der Waals surface area (Å²) in [5, 5.41) is 0. The number of carbonyl (C=O) groups is 1. The van der Waals surface area contributed by atoms with E-state index in [9.17, 15) is 4.79 Å². The molecule has 12 heavy (non-hydrogen) atoms. The van der Waals surface area contributed by atoms with Crippen LogP contribution >= 0.6 is 0 Å². The molecule has 0 N–H and O–H groups in total. The first-order chi connectivity index (χ1) is 5.61. The average Bonchev–Trinajstić information content (AvgIpc) is 2.11. The Morgan fingerprint density at radius 2 is 2.08 bits per heavy atom. The first kappa shape index (κ1) is 11.2. The van der Waals surface area contributed by atoms with E-state index in [0.717, 1.165) is 6.42 Å². The molecule has 0 bridgehead atoms. The van der Waals surface area contributed by atoms with Gasteiger partial charge >= 0.3 is 5.97 Å². The lowest BCUT2D eigenvalue weighted by Gasteiger charge is -2.08. The van der Waals surface area contributed by atoms with Gasteiger partial charge in [-0.3, -0.25) is 4.89 Å². The second-order valence-electron chi connectivity index (χ2n) is 2.64. The smallest absolute Gasteiger partial charge is 0.293 e. The summed E-state index contributed by atoms with van der Waals surface area (Å²) < 4.78 is 0. The van der Waals surface area contributed by atoms with Gasteiger partial charge in [0.15, 0.2) is 0 Å². The van der Waals surface area contributed by atoms with Crippen LogP contribution in [-0.4, -0.2) is 12.1 Å². The topological polar surface area (TPSA) is 35.5 Å². The lowest BCUT2D eigenvalue weighted by Crippen LogP contribution is -2.13. The molecule has 70 valence electrons. The van der Waals surface area contributed by atoms with E-state index in [1.54, 1.807) is 0 Å². The fourth-order valence-corrected chi connectivity index (χ4v) is 0.397. The van der Waals surface area contributed by atoms with E-state index in [2.05, 4.69) is 11.5 Å². The molecule has 3 heteroatoms. The SMILES string of the molecule is C=C(CC)C(=O)OOC(C)CC. The summed E-state index contributed by atoms with van der Waals surface area (Å²) in [4.78, 5) is 20.2. The summed E-state index contributed by atoms with van der Waals surface area (Å²) in [6, 6.07) is 0. The van der Waals surface area contributed by atoms with Crippen molar-refractivity contribution in [2.24, 2.45) is 0 Å². The van der Waals surface area contributed by atoms with Crippen LogP contribution in [0.15, 0.2) is 12.2 Å². The Kier molecular flexibility index (Phi) is 5.37. The Labute approximate surface area is 73.3 Å². The Morgan fingerprint density at radius 1 is 1.50 bits per heavy atom. The van der Waals surface area contributed by atoms with Crippen molar-refractivity contribution in [3.63, 3.8) is 0 Å². The molecule has 0 aliphatic carbocycles. The second-order valence-corrected chi connectivity index (χ2v) is 2.64. The Hall–Kier alpha value is -0.830. The summed E-state index contributed by atoms with van der Waals surface area (Å²) in [6.45, 7) is 9.15. The Balaban J connectivity index is 3.64. The van der Waals surface area contributed by atoms with E-state index >= 15 is 0 Å². The minimum absolute atomic E-state index is 0.0568. The van der Waals surface area contributed by atoms with Crippen molar-refractivity contribution in [1.82, 2.24) is 0 Å². The molecule has 0 saturated heterocycles. The van der Waals surface area contributed by atoms with Crippen LogP contribution in [0.3, 0.4) is 0 Å². The molecular weight excluding hydrogens is 156 g/mol. The minimum Gasteiger partial charge on any atom is -0.293 e. The zero-order chi connectivity index (χ0) is 9.56. The van der Waals surface area contributed by atoms with Gasteiger partial charge in [0.25, 0.3) is 0 Å². The van der Waals surface area contributed by atoms with E-state index in [1.165, 1.54) is 0 Å². The largest absolute Gasteiger partial charge is 0.368 e. The van der Waals surface area contributed by atoms with E-state index in [4.69, 9.17) is 4.89 Å². The lowest BCUT2D eigenvalue weighted by atomic mass is 10.2. The third-order valence-electron chi connectivity index (χ3n) is 1.58. The first-order valence-corrected chi connectivity index (χ1v) is 4.17. The first-order valence-electron chi connectivity index (χ1n) is 4.17. The highest BCUT2D eigenvalue weighted by Crippen LogP contribution is 2.03. The second kappa shape index (κ2) is 5.77. The highest BCUT2D eigenvalue weighted by molar-refractivity contribution is 5.87. The molecule has 0 aliphatic heterocycles. The number of hydrogen-bond donors (Lipinski definition) is 0. The summed E-state index contributed by atoms with van der Waals surface area (Å²) in [6.07, 6.45) is 1.34. The maximum Gasteiger partial charge on any atom is 0.368 e. The normalized spacial score (nSPS) is 12.2. The predicted octanol–water partition coefficient (Wildman–Crippen LogP) is 2.23. The highest BCUT2D eigenvalue weighted by atomic mass is 17.2. The number of rotatable bonds is 5. The third kappa shape index (κ3) is 4.13. The van der Waals surface area contributed by atoms with Gasteiger partial charge in [-0.15, -0.1) is 0 Å². The molecule has 0 amide bonds. The van der Waals surface area contributed by atoms with Crippen molar-refractivity contribution < 1.29 is 14.6 Å². The van der Waals surface area contributed by atoms with Crippen LogP contribution < -0.4 is 0 Å². The highest BCUT2D eigenvalue weighted by Gasteiger charge is 2.09. The molecule has 0 aromatic carbocycles. The Bertz CT molecular complexity index is 163. The van der Waals surface area contributed by atoms with Crippen molar-refractivity contribution in [2.75, 3.05) is 0 Å². The number of hydrogen-bond acceptors (Lipinski definition) is 3. The fourth-order valence-electron chi connectivity index (χ4n) is 0.397. The molecule has 0 aliphatic rings. The van der Waals surface area contributed by atoms with Crippen molar-refractivity contribution in [3.8, 4) is 0 Å². The monoisotopic (exact) mass is 172 g/mol. The van der Waals surface area contributed by atoms with E-state index in [-0.39, 0.29) is 6.10 Å². The van der Waals surface area contributed by atoms with Crippen LogP contribution in [0.2, 0.25) is 0 Å². The van der Waals surface area contributed by atoms with Crippen molar-refractivity contribution in [2.45, 2.75) is 39.7 Å². The van der Waals surface area contributed by atoms with Gasteiger partial charge < -0.3 is 0 Å². The third-order valence-corrected chi connectivity index (χ3v) is 1.58. The van der Waals surface area contributed by atoms with Gasteiger partial charge in [-0.05, 0) is 19.8 Å².